The van der Waals surface area contributed by atoms with Gasteiger partial charge in [0.05, 0.1) is 12.1 Å². The third-order valence-corrected chi connectivity index (χ3v) is 5.74. The number of amides is 2. The number of nitrogen functional groups attached to an aromatic ring is 1. The predicted octanol–water partition coefficient (Wildman–Crippen LogP) is 0.0263. The van der Waals surface area contributed by atoms with Gasteiger partial charge in [0.1, 0.15) is 17.1 Å². The number of carbonyl (C=O) groups excluding carboxylic acids is 2. The Morgan fingerprint density at radius 1 is 1.57 bits per heavy atom. The predicted molar refractivity (Wildman–Crippen MR) is 85.6 cm³/mol. The van der Waals surface area contributed by atoms with E-state index in [0.29, 0.717) is 22.2 Å². The Morgan fingerprint density at radius 3 is 2.91 bits per heavy atom. The average molecular weight is 354 g/mol. The number of thioether (sulfide) groups is 1. The summed E-state index contributed by atoms with van der Waals surface area (Å²) in [6.45, 7) is 1.69. The molecule has 2 atom stereocenters. The molecule has 1 aromatic heterocycles. The van der Waals surface area contributed by atoms with Crippen molar-refractivity contribution in [1.82, 2.24) is 15.2 Å². The van der Waals surface area contributed by atoms with Gasteiger partial charge in [0.25, 0.3) is 5.91 Å². The van der Waals surface area contributed by atoms with Crippen LogP contribution >= 0.6 is 23.1 Å². The number of hydrogen-bond donors (Lipinski definition) is 3. The molecule has 8 nitrogen and oxygen atoms in total. The molecule has 2 amide bonds. The second-order valence-electron chi connectivity index (χ2n) is 5.24. The van der Waals surface area contributed by atoms with Crippen molar-refractivity contribution < 1.29 is 19.5 Å². The van der Waals surface area contributed by atoms with E-state index in [2.05, 4.69) is 10.3 Å². The summed E-state index contributed by atoms with van der Waals surface area (Å²) in [6, 6.07) is -0.703. The number of aromatic nitrogens is 1. The highest BCUT2D eigenvalue weighted by Gasteiger charge is 2.53. The second-order valence-corrected chi connectivity index (χ2v) is 7.24. The normalized spacial score (nSPS) is 23.3. The lowest BCUT2D eigenvalue weighted by molar-refractivity contribution is -0.150. The molecular formula is C13H14N4O4S2. The number of carboxylic acid groups (broad SMARTS) is 1. The molecule has 3 heterocycles. The standard InChI is InChI=1S/C13H14N4O4S2/c1-5-3-22-11-8(10(19)17(11)9(5)12(20)21)16-7(18)2-6-4-23-13(14)15-6/h4,8,11H,2-3H2,1H3,(H2,14,15)(H,16,18)(H,20,21)/t8-,11-/m1/s1. The molecule has 0 radical (unpaired) electrons. The van der Waals surface area contributed by atoms with Crippen LogP contribution in [0, 0.1) is 0 Å². The summed E-state index contributed by atoms with van der Waals surface area (Å²) in [6.07, 6.45) is 0.0372. The molecule has 122 valence electrons. The molecular weight excluding hydrogens is 340 g/mol. The van der Waals surface area contributed by atoms with Crippen LogP contribution in [0.2, 0.25) is 0 Å². The summed E-state index contributed by atoms with van der Waals surface area (Å²) in [5, 5.41) is 13.6. The zero-order valence-electron chi connectivity index (χ0n) is 12.1. The summed E-state index contributed by atoms with van der Waals surface area (Å²) in [5.74, 6) is -1.34. The molecule has 1 aromatic rings. The van der Waals surface area contributed by atoms with Crippen LogP contribution in [0.15, 0.2) is 16.7 Å². The van der Waals surface area contributed by atoms with E-state index in [4.69, 9.17) is 5.73 Å². The zero-order chi connectivity index (χ0) is 16.7. The minimum atomic E-state index is -1.12. The molecule has 2 aliphatic rings. The number of nitrogens with two attached hydrogens (primary N) is 1. The third-order valence-electron chi connectivity index (χ3n) is 3.59. The van der Waals surface area contributed by atoms with Crippen LogP contribution in [0.5, 0.6) is 0 Å². The monoisotopic (exact) mass is 354 g/mol. The highest BCUT2D eigenvalue weighted by molar-refractivity contribution is 8.00. The van der Waals surface area contributed by atoms with Gasteiger partial charge in [-0.25, -0.2) is 9.78 Å². The Labute approximate surface area is 139 Å². The van der Waals surface area contributed by atoms with Crippen molar-refractivity contribution in [3.63, 3.8) is 0 Å². The molecule has 2 aliphatic heterocycles. The fourth-order valence-corrected chi connectivity index (χ4v) is 4.42. The molecule has 1 saturated heterocycles. The van der Waals surface area contributed by atoms with Gasteiger partial charge >= 0.3 is 5.97 Å². The maximum absolute atomic E-state index is 12.2. The first kappa shape index (κ1) is 15.8. The summed E-state index contributed by atoms with van der Waals surface area (Å²) in [7, 11) is 0. The van der Waals surface area contributed by atoms with Crippen LogP contribution in [0.1, 0.15) is 12.6 Å². The SMILES string of the molecule is CC1=C(C(=O)O)N2C(=O)[C@@H](NC(=O)Cc3csc(N)n3)[C@H]2SC1. The number of thiazole rings is 1. The van der Waals surface area contributed by atoms with Gasteiger partial charge in [0.2, 0.25) is 5.91 Å². The number of aliphatic carboxylic acids is 1. The van der Waals surface area contributed by atoms with Crippen molar-refractivity contribution in [3.8, 4) is 0 Å². The number of nitrogens with zero attached hydrogens (tertiary/aromatic N) is 2. The van der Waals surface area contributed by atoms with Gasteiger partial charge in [-0.2, -0.15) is 0 Å². The van der Waals surface area contributed by atoms with E-state index >= 15 is 0 Å². The number of hydrogen-bond acceptors (Lipinski definition) is 7. The summed E-state index contributed by atoms with van der Waals surface area (Å²) < 4.78 is 0. The molecule has 10 heteroatoms. The minimum absolute atomic E-state index is 0.0246. The Hall–Kier alpha value is -2.07. The molecule has 0 saturated carbocycles. The van der Waals surface area contributed by atoms with Crippen LogP contribution in [0.25, 0.3) is 0 Å². The summed E-state index contributed by atoms with van der Waals surface area (Å²) in [4.78, 5) is 40.8. The summed E-state index contributed by atoms with van der Waals surface area (Å²) in [5.41, 5.74) is 6.73. The van der Waals surface area contributed by atoms with Crippen molar-refractivity contribution in [1.29, 1.82) is 0 Å². The van der Waals surface area contributed by atoms with E-state index in [1.54, 1.807) is 12.3 Å². The van der Waals surface area contributed by atoms with Gasteiger partial charge in [-0.3, -0.25) is 14.5 Å². The number of rotatable bonds is 4. The van der Waals surface area contributed by atoms with E-state index in [1.807, 2.05) is 0 Å². The van der Waals surface area contributed by atoms with Crippen LogP contribution in [0.4, 0.5) is 5.13 Å². The highest BCUT2D eigenvalue weighted by Crippen LogP contribution is 2.40. The first-order valence-corrected chi connectivity index (χ1v) is 8.68. The quantitative estimate of drug-likeness (QED) is 0.651. The lowest BCUT2D eigenvalue weighted by atomic mass is 10.0. The second kappa shape index (κ2) is 5.85. The lowest BCUT2D eigenvalue weighted by Gasteiger charge is -2.49. The average Bonchev–Trinajstić information content (AvgIpc) is 2.89. The first-order valence-electron chi connectivity index (χ1n) is 6.75. The Morgan fingerprint density at radius 2 is 2.30 bits per heavy atom. The lowest BCUT2D eigenvalue weighted by Crippen LogP contribution is -2.70. The van der Waals surface area contributed by atoms with Crippen LogP contribution in [0.3, 0.4) is 0 Å². The number of nitrogens with one attached hydrogen (secondary N) is 1. The zero-order valence-corrected chi connectivity index (χ0v) is 13.7. The smallest absolute Gasteiger partial charge is 0.352 e. The van der Waals surface area contributed by atoms with E-state index < -0.39 is 17.9 Å². The Kier molecular flexibility index (Phi) is 4.02. The fraction of sp³-hybridized carbons (Fsp3) is 0.385. The van der Waals surface area contributed by atoms with Crippen molar-refractivity contribution in [3.05, 3.63) is 22.3 Å². The van der Waals surface area contributed by atoms with Crippen LogP contribution < -0.4 is 11.1 Å². The number of anilines is 1. The van der Waals surface area contributed by atoms with E-state index in [0.717, 1.165) is 0 Å². The molecule has 4 N–H and O–H groups in total. The van der Waals surface area contributed by atoms with Gasteiger partial charge < -0.3 is 16.2 Å². The maximum atomic E-state index is 12.2. The minimum Gasteiger partial charge on any atom is -0.477 e. The van der Waals surface area contributed by atoms with Gasteiger partial charge in [0, 0.05) is 11.1 Å². The van der Waals surface area contributed by atoms with Crippen LogP contribution in [-0.4, -0.2) is 49.9 Å². The molecule has 0 bridgehead atoms. The van der Waals surface area contributed by atoms with Crippen molar-refractivity contribution in [2.75, 3.05) is 11.5 Å². The molecule has 0 spiro atoms. The molecule has 23 heavy (non-hydrogen) atoms. The number of carbonyl (C=O) groups is 3. The molecule has 1 fully saturated rings. The Balaban J connectivity index is 1.66. The van der Waals surface area contributed by atoms with E-state index in [-0.39, 0.29) is 23.4 Å². The van der Waals surface area contributed by atoms with Gasteiger partial charge in [-0.15, -0.1) is 23.1 Å². The van der Waals surface area contributed by atoms with E-state index in [9.17, 15) is 19.5 Å². The largest absolute Gasteiger partial charge is 0.477 e. The molecule has 0 aromatic carbocycles. The molecule has 0 aliphatic carbocycles. The van der Waals surface area contributed by atoms with Crippen molar-refractivity contribution >= 4 is 46.0 Å². The number of β-lactam (4-membered cyclic amide) rings is 1. The van der Waals surface area contributed by atoms with Crippen molar-refractivity contribution in [2.45, 2.75) is 24.8 Å². The first-order chi connectivity index (χ1) is 10.9. The number of carboxylic acids is 1. The topological polar surface area (TPSA) is 126 Å². The molecule has 3 rings (SSSR count). The van der Waals surface area contributed by atoms with E-state index in [1.165, 1.54) is 28.0 Å². The molecule has 0 unspecified atom stereocenters. The fourth-order valence-electron chi connectivity index (χ4n) is 2.57. The summed E-state index contributed by atoms with van der Waals surface area (Å²) >= 11 is 2.69. The van der Waals surface area contributed by atoms with Crippen molar-refractivity contribution in [2.24, 2.45) is 0 Å². The maximum Gasteiger partial charge on any atom is 0.352 e. The Bertz CT molecular complexity index is 729. The van der Waals surface area contributed by atoms with Gasteiger partial charge in [-0.05, 0) is 12.5 Å². The van der Waals surface area contributed by atoms with Crippen LogP contribution in [-0.2, 0) is 20.8 Å². The number of fused-ring (bicyclic) bond motifs is 1. The van der Waals surface area contributed by atoms with Gasteiger partial charge in [-0.1, -0.05) is 0 Å². The van der Waals surface area contributed by atoms with Gasteiger partial charge in [0.15, 0.2) is 5.13 Å². The third kappa shape index (κ3) is 2.79. The highest BCUT2D eigenvalue weighted by atomic mass is 32.2.